The molecule has 0 fully saturated rings. The molecule has 0 aromatic carbocycles. The van der Waals surface area contributed by atoms with E-state index in [1.54, 1.807) is 18.2 Å². The topological polar surface area (TPSA) is 43.3 Å². The van der Waals surface area contributed by atoms with Crippen LogP contribution < -0.4 is 5.73 Å². The number of aromatic nitrogens is 2. The smallest absolute Gasteiger partial charge is 0.384 e. The van der Waals surface area contributed by atoms with Crippen molar-refractivity contribution >= 4 is 23.1 Å². The van der Waals surface area contributed by atoms with Crippen molar-refractivity contribution in [1.82, 2.24) is 9.61 Å². The predicted octanol–water partition coefficient (Wildman–Crippen LogP) is 2.53. The van der Waals surface area contributed by atoms with Crippen LogP contribution >= 0.6 is 11.8 Å². The van der Waals surface area contributed by atoms with Crippen molar-refractivity contribution in [2.45, 2.75) is 10.5 Å². The number of alkyl halides is 3. The van der Waals surface area contributed by atoms with Gasteiger partial charge >= 0.3 is 5.51 Å². The number of nitrogen functional groups attached to an aromatic ring is 1. The van der Waals surface area contributed by atoms with Crippen molar-refractivity contribution < 1.29 is 13.2 Å². The third kappa shape index (κ3) is 2.17. The van der Waals surface area contributed by atoms with Gasteiger partial charge in [-0.1, -0.05) is 6.07 Å². The lowest BCUT2D eigenvalue weighted by Gasteiger charge is -2.00. The van der Waals surface area contributed by atoms with Crippen LogP contribution in [0.4, 0.5) is 19.0 Å². The molecule has 0 amide bonds. The van der Waals surface area contributed by atoms with E-state index in [-0.39, 0.29) is 16.8 Å². The summed E-state index contributed by atoms with van der Waals surface area (Å²) in [4.78, 5) is 0. The van der Waals surface area contributed by atoms with Crippen LogP contribution in [0.5, 0.6) is 0 Å². The zero-order chi connectivity index (χ0) is 11.1. The fourth-order valence-corrected chi connectivity index (χ4v) is 1.72. The number of thioether (sulfide) groups is 1. The minimum Gasteiger partial charge on any atom is -0.384 e. The minimum atomic E-state index is -4.33. The molecule has 0 atom stereocenters. The standard InChI is InChI=1S/C8H6F3N3S/c9-8(10,11)15-7-4-5-2-1-3-6(12)14(5)13-7/h1-4H,12H2. The Morgan fingerprint density at radius 2 is 2.07 bits per heavy atom. The molecule has 0 bridgehead atoms. The molecule has 15 heavy (non-hydrogen) atoms. The number of fused-ring (bicyclic) bond motifs is 1. The van der Waals surface area contributed by atoms with E-state index in [2.05, 4.69) is 5.10 Å². The Kier molecular flexibility index (Phi) is 2.26. The molecule has 0 radical (unpaired) electrons. The number of anilines is 1. The molecule has 80 valence electrons. The number of hydrogen-bond donors (Lipinski definition) is 1. The molecule has 0 spiro atoms. The first-order chi connectivity index (χ1) is 6.96. The van der Waals surface area contributed by atoms with Gasteiger partial charge in [0.05, 0.1) is 5.52 Å². The lowest BCUT2D eigenvalue weighted by atomic mass is 10.4. The van der Waals surface area contributed by atoms with Crippen molar-refractivity contribution in [3.05, 3.63) is 24.3 Å². The fraction of sp³-hybridized carbons (Fsp3) is 0.125. The number of halogens is 3. The third-order valence-corrected chi connectivity index (χ3v) is 2.35. The highest BCUT2D eigenvalue weighted by atomic mass is 32.2. The van der Waals surface area contributed by atoms with E-state index >= 15 is 0 Å². The van der Waals surface area contributed by atoms with Gasteiger partial charge in [-0.2, -0.15) is 18.3 Å². The van der Waals surface area contributed by atoms with E-state index in [1.807, 2.05) is 0 Å². The van der Waals surface area contributed by atoms with Crippen molar-refractivity contribution in [2.24, 2.45) is 0 Å². The fourth-order valence-electron chi connectivity index (χ4n) is 1.18. The molecule has 0 aliphatic rings. The summed E-state index contributed by atoms with van der Waals surface area (Å²) in [5.74, 6) is 0.307. The maximum absolute atomic E-state index is 12.1. The van der Waals surface area contributed by atoms with Gasteiger partial charge in [0, 0.05) is 11.8 Å². The first-order valence-electron chi connectivity index (χ1n) is 3.96. The van der Waals surface area contributed by atoms with Gasteiger partial charge in [-0.3, -0.25) is 0 Å². The van der Waals surface area contributed by atoms with Crippen LogP contribution in [0.3, 0.4) is 0 Å². The summed E-state index contributed by atoms with van der Waals surface area (Å²) < 4.78 is 37.4. The Labute approximate surface area is 87.1 Å². The quantitative estimate of drug-likeness (QED) is 0.770. The highest BCUT2D eigenvalue weighted by molar-refractivity contribution is 8.00. The second-order valence-corrected chi connectivity index (χ2v) is 3.90. The summed E-state index contributed by atoms with van der Waals surface area (Å²) in [5.41, 5.74) is 1.76. The van der Waals surface area contributed by atoms with Gasteiger partial charge in [0.2, 0.25) is 0 Å². The Bertz CT molecular complexity index is 491. The van der Waals surface area contributed by atoms with Crippen LogP contribution in [0.2, 0.25) is 0 Å². The summed E-state index contributed by atoms with van der Waals surface area (Å²) in [5, 5.41) is 3.62. The molecule has 2 rings (SSSR count). The molecule has 2 heterocycles. The lowest BCUT2D eigenvalue weighted by molar-refractivity contribution is -0.0329. The van der Waals surface area contributed by atoms with E-state index in [0.717, 1.165) is 0 Å². The average Bonchev–Trinajstić information content (AvgIpc) is 2.45. The van der Waals surface area contributed by atoms with Gasteiger partial charge in [-0.05, 0) is 18.2 Å². The van der Waals surface area contributed by atoms with E-state index < -0.39 is 5.51 Å². The number of rotatable bonds is 1. The molecular formula is C8H6F3N3S. The minimum absolute atomic E-state index is 0.111. The number of hydrogen-bond acceptors (Lipinski definition) is 3. The second-order valence-electron chi connectivity index (χ2n) is 2.82. The molecule has 2 N–H and O–H groups in total. The van der Waals surface area contributed by atoms with E-state index in [4.69, 9.17) is 5.73 Å². The zero-order valence-electron chi connectivity index (χ0n) is 7.32. The maximum atomic E-state index is 12.1. The SMILES string of the molecule is Nc1cccc2cc(SC(F)(F)F)nn12. The first-order valence-corrected chi connectivity index (χ1v) is 4.77. The van der Waals surface area contributed by atoms with Crippen molar-refractivity contribution in [1.29, 1.82) is 0 Å². The molecule has 7 heteroatoms. The number of pyridine rings is 1. The lowest BCUT2D eigenvalue weighted by Crippen LogP contribution is -2.00. The van der Waals surface area contributed by atoms with Gasteiger partial charge in [-0.15, -0.1) is 0 Å². The number of nitrogens with two attached hydrogens (primary N) is 1. The number of nitrogens with zero attached hydrogens (tertiary/aromatic N) is 2. The van der Waals surface area contributed by atoms with E-state index in [0.29, 0.717) is 11.3 Å². The van der Waals surface area contributed by atoms with Gasteiger partial charge in [0.15, 0.2) is 0 Å². The summed E-state index contributed by atoms with van der Waals surface area (Å²) in [6.07, 6.45) is 0. The first kappa shape index (κ1) is 10.2. The zero-order valence-corrected chi connectivity index (χ0v) is 8.14. The summed E-state index contributed by atoms with van der Waals surface area (Å²) >= 11 is -0.252. The van der Waals surface area contributed by atoms with Crippen molar-refractivity contribution in [3.63, 3.8) is 0 Å². The highest BCUT2D eigenvalue weighted by Crippen LogP contribution is 2.36. The van der Waals surface area contributed by atoms with Gasteiger partial charge < -0.3 is 5.73 Å². The van der Waals surface area contributed by atoms with Crippen LogP contribution in [0.25, 0.3) is 5.52 Å². The van der Waals surface area contributed by atoms with E-state index in [1.165, 1.54) is 10.6 Å². The van der Waals surface area contributed by atoms with Crippen molar-refractivity contribution in [2.75, 3.05) is 5.73 Å². The van der Waals surface area contributed by atoms with Gasteiger partial charge in [-0.25, -0.2) is 4.52 Å². The maximum Gasteiger partial charge on any atom is 0.447 e. The van der Waals surface area contributed by atoms with Crippen LogP contribution in [0.1, 0.15) is 0 Å². The molecular weight excluding hydrogens is 227 g/mol. The molecule has 0 aliphatic heterocycles. The highest BCUT2D eigenvalue weighted by Gasteiger charge is 2.30. The van der Waals surface area contributed by atoms with Crippen molar-refractivity contribution in [3.8, 4) is 0 Å². The van der Waals surface area contributed by atoms with Gasteiger partial charge in [0.1, 0.15) is 10.8 Å². The molecule has 2 aromatic heterocycles. The van der Waals surface area contributed by atoms with Crippen LogP contribution in [-0.4, -0.2) is 15.1 Å². The van der Waals surface area contributed by atoms with Gasteiger partial charge in [0.25, 0.3) is 0 Å². The molecule has 0 unspecified atom stereocenters. The van der Waals surface area contributed by atoms with E-state index in [9.17, 15) is 13.2 Å². The summed E-state index contributed by atoms with van der Waals surface area (Å²) in [6, 6.07) is 6.22. The Hall–Kier alpha value is -1.37. The predicted molar refractivity (Wildman–Crippen MR) is 51.5 cm³/mol. The monoisotopic (exact) mass is 233 g/mol. The summed E-state index contributed by atoms with van der Waals surface area (Å²) in [7, 11) is 0. The second kappa shape index (κ2) is 3.34. The molecule has 2 aromatic rings. The Balaban J connectivity index is 2.44. The largest absolute Gasteiger partial charge is 0.447 e. The molecule has 3 nitrogen and oxygen atoms in total. The molecule has 0 saturated heterocycles. The Morgan fingerprint density at radius 3 is 2.67 bits per heavy atom. The van der Waals surface area contributed by atoms with Crippen LogP contribution in [0.15, 0.2) is 29.3 Å². The molecule has 0 saturated carbocycles. The van der Waals surface area contributed by atoms with Crippen LogP contribution in [0, 0.1) is 0 Å². The Morgan fingerprint density at radius 1 is 1.33 bits per heavy atom. The molecule has 0 aliphatic carbocycles. The van der Waals surface area contributed by atoms with Crippen LogP contribution in [-0.2, 0) is 0 Å². The summed E-state index contributed by atoms with van der Waals surface area (Å²) in [6.45, 7) is 0. The average molecular weight is 233 g/mol. The normalized spacial score (nSPS) is 12.2. The third-order valence-electron chi connectivity index (χ3n) is 1.71.